The third-order valence-electron chi connectivity index (χ3n) is 5.76. The van der Waals surface area contributed by atoms with Crippen LogP contribution in [0.2, 0.25) is 0 Å². The van der Waals surface area contributed by atoms with E-state index in [1.54, 1.807) is 0 Å². The summed E-state index contributed by atoms with van der Waals surface area (Å²) >= 11 is 0. The zero-order chi connectivity index (χ0) is 26.0. The van der Waals surface area contributed by atoms with Gasteiger partial charge in [-0.05, 0) is 37.0 Å². The number of unbranched alkanes of at least 4 members (excludes halogenated alkanes) is 7. The van der Waals surface area contributed by atoms with Crippen molar-refractivity contribution in [2.75, 3.05) is 59.5 Å². The lowest BCUT2D eigenvalue weighted by atomic mass is 9.84. The minimum atomic E-state index is -0.133. The predicted molar refractivity (Wildman–Crippen MR) is 144 cm³/mol. The lowest BCUT2D eigenvalue weighted by molar-refractivity contribution is -0.144. The molecule has 0 heterocycles. The maximum Gasteiger partial charge on any atom is 0.305 e. The van der Waals surface area contributed by atoms with Crippen molar-refractivity contribution in [2.24, 2.45) is 11.3 Å². The normalized spacial score (nSPS) is 12.7. The third kappa shape index (κ3) is 29.4. The quantitative estimate of drug-likeness (QED) is 0.0939. The first-order valence-corrected chi connectivity index (χ1v) is 14.3. The Hall–Kier alpha value is -0.690. The van der Waals surface area contributed by atoms with Crippen LogP contribution in [0, 0.1) is 11.3 Å². The molecule has 0 aromatic heterocycles. The van der Waals surface area contributed by atoms with Crippen molar-refractivity contribution in [3.63, 3.8) is 0 Å². The van der Waals surface area contributed by atoms with E-state index in [1.807, 2.05) is 0 Å². The van der Waals surface area contributed by atoms with E-state index in [1.165, 1.54) is 44.9 Å². The summed E-state index contributed by atoms with van der Waals surface area (Å²) in [5.41, 5.74) is 0.318. The highest BCUT2D eigenvalue weighted by atomic mass is 16.6. The fraction of sp³-hybridized carbons (Fsp3) is 0.966. The Morgan fingerprint density at radius 3 is 1.60 bits per heavy atom. The molecule has 0 aromatic rings. The molecular formula is C29H58O6. The van der Waals surface area contributed by atoms with Crippen LogP contribution in [0.3, 0.4) is 0 Å². The molecule has 0 spiro atoms. The summed E-state index contributed by atoms with van der Waals surface area (Å²) in [6.07, 6.45) is 13.7. The number of rotatable bonds is 26. The summed E-state index contributed by atoms with van der Waals surface area (Å²) in [4.78, 5) is 11.8. The summed E-state index contributed by atoms with van der Waals surface area (Å²) in [6, 6.07) is 0. The molecule has 6 heteroatoms. The molecule has 0 amide bonds. The third-order valence-corrected chi connectivity index (χ3v) is 5.76. The molecule has 0 rings (SSSR count). The van der Waals surface area contributed by atoms with Crippen LogP contribution in [0.5, 0.6) is 0 Å². The lowest BCUT2D eigenvalue weighted by Gasteiger charge is -2.22. The summed E-state index contributed by atoms with van der Waals surface area (Å²) in [6.45, 7) is 16.5. The van der Waals surface area contributed by atoms with E-state index in [9.17, 15) is 4.79 Å². The van der Waals surface area contributed by atoms with Crippen molar-refractivity contribution >= 4 is 5.97 Å². The molecule has 0 saturated carbocycles. The minimum Gasteiger partial charge on any atom is -0.466 e. The molecule has 0 aliphatic rings. The largest absolute Gasteiger partial charge is 0.466 e. The van der Waals surface area contributed by atoms with E-state index in [0.717, 1.165) is 25.9 Å². The van der Waals surface area contributed by atoms with E-state index in [2.05, 4.69) is 34.6 Å². The highest BCUT2D eigenvalue weighted by Gasteiger charge is 2.15. The van der Waals surface area contributed by atoms with Crippen molar-refractivity contribution in [3.8, 4) is 0 Å². The second kappa shape index (κ2) is 25.0. The average molecular weight is 503 g/mol. The van der Waals surface area contributed by atoms with Crippen LogP contribution in [0.4, 0.5) is 0 Å². The van der Waals surface area contributed by atoms with Gasteiger partial charge in [0.25, 0.3) is 0 Å². The molecule has 0 radical (unpaired) electrons. The molecule has 6 nitrogen and oxygen atoms in total. The molecule has 210 valence electrons. The minimum absolute atomic E-state index is 0.133. The van der Waals surface area contributed by atoms with Gasteiger partial charge in [0, 0.05) is 19.6 Å². The SMILES string of the molecule is CCCCCCCCCCOCCOCCOCCOCCCC(=O)OCCC(C)CC(C)(C)C. The van der Waals surface area contributed by atoms with Crippen LogP contribution < -0.4 is 0 Å². The van der Waals surface area contributed by atoms with Gasteiger partial charge < -0.3 is 23.7 Å². The first-order valence-electron chi connectivity index (χ1n) is 14.3. The van der Waals surface area contributed by atoms with Gasteiger partial charge in [0.05, 0.1) is 46.2 Å². The number of carbonyl (C=O) groups is 1. The summed E-state index contributed by atoms with van der Waals surface area (Å²) in [5.74, 6) is 0.432. The molecule has 0 saturated heterocycles. The summed E-state index contributed by atoms with van der Waals surface area (Å²) in [7, 11) is 0. The highest BCUT2D eigenvalue weighted by Crippen LogP contribution is 2.25. The van der Waals surface area contributed by atoms with Crippen LogP contribution in [0.15, 0.2) is 0 Å². The van der Waals surface area contributed by atoms with Crippen LogP contribution in [0.1, 0.15) is 112 Å². The number of hydrogen-bond acceptors (Lipinski definition) is 6. The molecule has 0 aromatic carbocycles. The maximum absolute atomic E-state index is 11.8. The van der Waals surface area contributed by atoms with E-state index in [0.29, 0.717) is 77.0 Å². The molecule has 1 unspecified atom stereocenters. The van der Waals surface area contributed by atoms with Gasteiger partial charge in [-0.3, -0.25) is 4.79 Å². The van der Waals surface area contributed by atoms with E-state index >= 15 is 0 Å². The van der Waals surface area contributed by atoms with Crippen molar-refractivity contribution < 1.29 is 28.5 Å². The fourth-order valence-electron chi connectivity index (χ4n) is 4.01. The van der Waals surface area contributed by atoms with Gasteiger partial charge in [0.2, 0.25) is 0 Å². The van der Waals surface area contributed by atoms with Crippen LogP contribution in [-0.2, 0) is 28.5 Å². The number of carbonyl (C=O) groups excluding carboxylic acids is 1. The van der Waals surface area contributed by atoms with Gasteiger partial charge in [-0.1, -0.05) is 79.6 Å². The summed E-state index contributed by atoms with van der Waals surface area (Å²) in [5, 5.41) is 0. The van der Waals surface area contributed by atoms with Crippen molar-refractivity contribution in [1.29, 1.82) is 0 Å². The monoisotopic (exact) mass is 502 g/mol. The Morgan fingerprint density at radius 1 is 0.629 bits per heavy atom. The first kappa shape index (κ1) is 34.3. The molecule has 0 aliphatic carbocycles. The first-order chi connectivity index (χ1) is 16.8. The average Bonchev–Trinajstić information content (AvgIpc) is 2.79. The van der Waals surface area contributed by atoms with Crippen molar-refractivity contribution in [3.05, 3.63) is 0 Å². The lowest BCUT2D eigenvalue weighted by Crippen LogP contribution is -2.14. The summed E-state index contributed by atoms with van der Waals surface area (Å²) < 4.78 is 27.5. The van der Waals surface area contributed by atoms with Crippen LogP contribution in [0.25, 0.3) is 0 Å². The smallest absolute Gasteiger partial charge is 0.305 e. The fourth-order valence-corrected chi connectivity index (χ4v) is 4.01. The Bertz CT molecular complexity index is 449. The number of hydrogen-bond donors (Lipinski definition) is 0. The van der Waals surface area contributed by atoms with Gasteiger partial charge in [0.15, 0.2) is 0 Å². The van der Waals surface area contributed by atoms with Crippen LogP contribution in [-0.4, -0.2) is 65.4 Å². The highest BCUT2D eigenvalue weighted by molar-refractivity contribution is 5.69. The van der Waals surface area contributed by atoms with Gasteiger partial charge >= 0.3 is 5.97 Å². The van der Waals surface area contributed by atoms with Crippen molar-refractivity contribution in [1.82, 2.24) is 0 Å². The zero-order valence-electron chi connectivity index (χ0n) is 23.9. The standard InChI is InChI=1S/C29H58O6/c1-6-7-8-9-10-11-12-13-17-31-20-22-33-24-25-34-23-21-32-18-14-15-28(30)35-19-16-27(2)26-29(3,4)5/h27H,6-26H2,1-5H3. The predicted octanol–water partition coefficient (Wildman–Crippen LogP) is 6.98. The number of esters is 1. The topological polar surface area (TPSA) is 63.2 Å². The molecule has 35 heavy (non-hydrogen) atoms. The van der Waals surface area contributed by atoms with Gasteiger partial charge in [-0.15, -0.1) is 0 Å². The molecule has 0 aliphatic heterocycles. The Labute approximate surface area is 217 Å². The van der Waals surface area contributed by atoms with Gasteiger partial charge in [-0.2, -0.15) is 0 Å². The zero-order valence-corrected chi connectivity index (χ0v) is 23.9. The molecule has 0 N–H and O–H groups in total. The molecule has 0 bridgehead atoms. The molecular weight excluding hydrogens is 444 g/mol. The van der Waals surface area contributed by atoms with Gasteiger partial charge in [0.1, 0.15) is 0 Å². The van der Waals surface area contributed by atoms with Crippen LogP contribution >= 0.6 is 0 Å². The maximum atomic E-state index is 11.8. The van der Waals surface area contributed by atoms with E-state index in [-0.39, 0.29) is 5.97 Å². The van der Waals surface area contributed by atoms with Gasteiger partial charge in [-0.25, -0.2) is 0 Å². The second-order valence-corrected chi connectivity index (χ2v) is 10.9. The molecule has 0 fully saturated rings. The number of ether oxygens (including phenoxy) is 5. The van der Waals surface area contributed by atoms with E-state index < -0.39 is 0 Å². The Morgan fingerprint density at radius 2 is 1.09 bits per heavy atom. The Kier molecular flexibility index (Phi) is 24.5. The van der Waals surface area contributed by atoms with E-state index in [4.69, 9.17) is 23.7 Å². The Balaban J connectivity index is 3.21. The van der Waals surface area contributed by atoms with Crippen molar-refractivity contribution in [2.45, 2.75) is 112 Å². The molecule has 1 atom stereocenters. The second-order valence-electron chi connectivity index (χ2n) is 10.9.